The van der Waals surface area contributed by atoms with E-state index < -0.39 is 0 Å². The molecule has 10 nitrogen and oxygen atoms in total. The summed E-state index contributed by atoms with van der Waals surface area (Å²) in [5.74, 6) is -0.171. The second-order valence-electron chi connectivity index (χ2n) is 8.05. The quantitative estimate of drug-likeness (QED) is 0.0717. The number of benzene rings is 2. The zero-order chi connectivity index (χ0) is 29.5. The summed E-state index contributed by atoms with van der Waals surface area (Å²) in [4.78, 5) is 21.1. The first-order valence-corrected chi connectivity index (χ1v) is 14.5. The Kier molecular flexibility index (Phi) is 13.6. The van der Waals surface area contributed by atoms with Crippen LogP contribution in [-0.4, -0.2) is 31.9 Å². The first-order valence-electron chi connectivity index (χ1n) is 11.4. The van der Waals surface area contributed by atoms with Crippen molar-refractivity contribution in [1.29, 1.82) is 5.41 Å². The molecule has 0 atom stereocenters. The maximum absolute atomic E-state index is 6.06. The van der Waals surface area contributed by atoms with E-state index in [0.717, 1.165) is 44.3 Å². The Hall–Kier alpha value is -3.49. The largest absolute Gasteiger partial charge is 0.370 e. The predicted octanol–water partition coefficient (Wildman–Crippen LogP) is 7.26. The van der Waals surface area contributed by atoms with E-state index in [0.29, 0.717) is 10.0 Å². The van der Waals surface area contributed by atoms with Crippen LogP contribution in [0.1, 0.15) is 0 Å². The van der Waals surface area contributed by atoms with E-state index in [1.54, 1.807) is 34.8 Å². The number of nitrogens with one attached hydrogen (secondary N) is 1. The fourth-order valence-corrected chi connectivity index (χ4v) is 5.37. The Morgan fingerprint density at radius 2 is 1.14 bits per heavy atom. The summed E-state index contributed by atoms with van der Waals surface area (Å²) in [5, 5.41) is 17.4. The maximum Gasteiger partial charge on any atom is 0.253 e. The lowest BCUT2D eigenvalue weighted by atomic mass is 10.1. The average Bonchev–Trinajstić information content (AvgIpc) is 3.63. The molecule has 0 fully saturated rings. The van der Waals surface area contributed by atoms with Crippen LogP contribution in [0.5, 0.6) is 0 Å². The third-order valence-electron chi connectivity index (χ3n) is 5.09. The highest BCUT2D eigenvalue weighted by Crippen LogP contribution is 2.32. The number of nitrogens with zero attached hydrogens (tertiary/aromatic N) is 5. The number of guanidine groups is 2. The fourth-order valence-electron chi connectivity index (χ4n) is 3.56. The van der Waals surface area contributed by atoms with Gasteiger partial charge in [-0.15, -0.1) is 24.8 Å². The van der Waals surface area contributed by atoms with Gasteiger partial charge in [0.05, 0.1) is 22.4 Å². The second kappa shape index (κ2) is 16.4. The van der Waals surface area contributed by atoms with Crippen LogP contribution in [0, 0.1) is 5.41 Å². The molecule has 0 unspecified atom stereocenters. The zero-order valence-corrected chi connectivity index (χ0v) is 27.3. The van der Waals surface area contributed by atoms with Gasteiger partial charge in [-0.3, -0.25) is 5.41 Å². The molecule has 0 bridgehead atoms. The maximum atomic E-state index is 6.06. The van der Waals surface area contributed by atoms with Crippen LogP contribution < -0.4 is 22.9 Å². The molecule has 2 aromatic carbocycles. The summed E-state index contributed by atoms with van der Waals surface area (Å²) >= 11 is 21.2. The van der Waals surface area contributed by atoms with Gasteiger partial charge in [0.15, 0.2) is 11.9 Å². The summed E-state index contributed by atoms with van der Waals surface area (Å²) in [6, 6.07) is 14.9. The van der Waals surface area contributed by atoms with Gasteiger partial charge in [0.2, 0.25) is 5.28 Å². The van der Waals surface area contributed by atoms with Gasteiger partial charge in [-0.05, 0) is 70.9 Å². The van der Waals surface area contributed by atoms with Crippen molar-refractivity contribution in [2.75, 3.05) is 0 Å². The van der Waals surface area contributed by atoms with Gasteiger partial charge in [-0.2, -0.15) is 27.7 Å². The summed E-state index contributed by atoms with van der Waals surface area (Å²) in [6.07, 6.45) is 0. The van der Waals surface area contributed by atoms with Crippen LogP contribution in [0.3, 0.4) is 0 Å². The highest BCUT2D eigenvalue weighted by molar-refractivity contribution is 7.08. The summed E-state index contributed by atoms with van der Waals surface area (Å²) in [5.41, 5.74) is 24.9. The molecular formula is C26H23Cl5N10S2. The van der Waals surface area contributed by atoms with Gasteiger partial charge in [-0.25, -0.2) is 19.9 Å². The number of fused-ring (bicyclic) bond motifs is 2. The standard InChI is InChI=1S/C13H10ClN5S.C12H6Cl2N2S.CH5N3.2ClH/c14-8-1-2-10-9(5-8)11(7-3-4-20-6-7)18-13(17-10)19-12(15)16;13-8-1-2-10-9(5-8)11(16-12(14)15-10)7-3-4-17-6-7;2-1(3)4;;/h1-6H,(H4,15,16,17,18,19);1-6H;(H5,2,3,4);2*1H. The van der Waals surface area contributed by atoms with Gasteiger partial charge < -0.3 is 22.9 Å². The Balaban J connectivity index is 0.000000259. The van der Waals surface area contributed by atoms with E-state index in [1.807, 2.05) is 57.9 Å². The number of hydrogen-bond acceptors (Lipinski definition) is 8. The molecule has 17 heteroatoms. The Labute approximate surface area is 281 Å². The molecule has 4 aromatic heterocycles. The first-order chi connectivity index (χ1) is 19.6. The van der Waals surface area contributed by atoms with E-state index in [1.165, 1.54) is 0 Å². The number of halogens is 5. The van der Waals surface area contributed by atoms with Gasteiger partial charge >= 0.3 is 0 Å². The molecule has 6 aromatic rings. The molecular weight excluding hydrogens is 694 g/mol. The number of rotatable bonds is 3. The summed E-state index contributed by atoms with van der Waals surface area (Å²) in [6.45, 7) is 0. The van der Waals surface area contributed by atoms with Crippen molar-refractivity contribution in [2.24, 2.45) is 27.9 Å². The monoisotopic (exact) mass is 714 g/mol. The van der Waals surface area contributed by atoms with Gasteiger partial charge in [-0.1, -0.05) is 23.2 Å². The number of aliphatic imine (C=N–C) groups is 1. The topological polar surface area (TPSA) is 192 Å². The van der Waals surface area contributed by atoms with Crippen LogP contribution in [0.25, 0.3) is 44.3 Å². The lowest BCUT2D eigenvalue weighted by Gasteiger charge is -2.06. The molecule has 0 aliphatic rings. The van der Waals surface area contributed by atoms with Crippen molar-refractivity contribution in [3.63, 3.8) is 0 Å². The lowest BCUT2D eigenvalue weighted by Crippen LogP contribution is -2.22. The molecule has 0 radical (unpaired) electrons. The van der Waals surface area contributed by atoms with E-state index in [-0.39, 0.29) is 48.0 Å². The minimum Gasteiger partial charge on any atom is -0.370 e. The Bertz CT molecular complexity index is 1840. The van der Waals surface area contributed by atoms with Crippen LogP contribution >= 0.6 is 82.3 Å². The van der Waals surface area contributed by atoms with Crippen LogP contribution in [0.15, 0.2) is 75.0 Å². The Morgan fingerprint density at radius 3 is 1.58 bits per heavy atom. The third-order valence-corrected chi connectivity index (χ3v) is 7.10. The molecule has 0 spiro atoms. The van der Waals surface area contributed by atoms with Gasteiger partial charge in [0, 0.05) is 42.7 Å². The minimum absolute atomic E-state index is 0. The third kappa shape index (κ3) is 9.76. The molecule has 4 heterocycles. The van der Waals surface area contributed by atoms with Crippen molar-refractivity contribution >= 4 is 122 Å². The van der Waals surface area contributed by atoms with Crippen molar-refractivity contribution in [3.8, 4) is 22.5 Å². The molecule has 0 amide bonds. The first kappa shape index (κ1) is 35.7. The average molecular weight is 717 g/mol. The van der Waals surface area contributed by atoms with Crippen molar-refractivity contribution in [1.82, 2.24) is 19.9 Å². The number of thiophene rings is 2. The molecule has 0 saturated carbocycles. The molecule has 43 heavy (non-hydrogen) atoms. The number of aromatic nitrogens is 4. The number of nitrogens with two attached hydrogens (primary N) is 4. The molecule has 6 rings (SSSR count). The second-order valence-corrected chi connectivity index (χ2v) is 10.8. The minimum atomic E-state index is -0.333. The van der Waals surface area contributed by atoms with Crippen molar-refractivity contribution in [2.45, 2.75) is 0 Å². The zero-order valence-electron chi connectivity index (χ0n) is 21.7. The van der Waals surface area contributed by atoms with E-state index in [9.17, 15) is 0 Å². The summed E-state index contributed by atoms with van der Waals surface area (Å²) in [7, 11) is 0. The van der Waals surface area contributed by atoms with E-state index >= 15 is 0 Å². The van der Waals surface area contributed by atoms with Crippen molar-refractivity contribution < 1.29 is 0 Å². The lowest BCUT2D eigenvalue weighted by molar-refractivity contribution is 1.17. The molecule has 0 aliphatic heterocycles. The van der Waals surface area contributed by atoms with Crippen molar-refractivity contribution in [3.05, 3.63) is 85.4 Å². The molecule has 0 saturated heterocycles. The molecule has 224 valence electrons. The SMILES string of the molecule is Cl.Cl.Clc1ccc2nc(Cl)nc(-c3ccsc3)c2c1.N=C(N)N.NC(N)=Nc1nc(-c2ccsc2)c2cc(Cl)ccc2n1. The summed E-state index contributed by atoms with van der Waals surface area (Å²) < 4.78 is 0. The molecule has 0 aliphatic carbocycles. The molecule has 9 N–H and O–H groups in total. The van der Waals surface area contributed by atoms with Crippen LogP contribution in [-0.2, 0) is 0 Å². The predicted molar refractivity (Wildman–Crippen MR) is 187 cm³/mol. The van der Waals surface area contributed by atoms with Crippen LogP contribution in [0.2, 0.25) is 15.3 Å². The normalized spacial score (nSPS) is 9.84. The van der Waals surface area contributed by atoms with E-state index in [2.05, 4.69) is 36.4 Å². The highest BCUT2D eigenvalue weighted by atomic mass is 35.5. The smallest absolute Gasteiger partial charge is 0.253 e. The van der Waals surface area contributed by atoms with E-state index in [4.69, 9.17) is 51.7 Å². The van der Waals surface area contributed by atoms with Gasteiger partial charge in [0.25, 0.3) is 5.95 Å². The fraction of sp³-hybridized carbons (Fsp3) is 0. The van der Waals surface area contributed by atoms with Gasteiger partial charge in [0.1, 0.15) is 0 Å². The van der Waals surface area contributed by atoms with Crippen LogP contribution in [0.4, 0.5) is 5.95 Å². The Morgan fingerprint density at radius 1 is 0.674 bits per heavy atom. The number of hydrogen-bond donors (Lipinski definition) is 5. The highest BCUT2D eigenvalue weighted by Gasteiger charge is 2.11.